The lowest BCUT2D eigenvalue weighted by molar-refractivity contribution is 0.190. The molecular formula is C15H24N6O. The van der Waals surface area contributed by atoms with Crippen LogP contribution in [0.1, 0.15) is 34.7 Å². The van der Waals surface area contributed by atoms with Crippen LogP contribution in [0.4, 0.5) is 0 Å². The van der Waals surface area contributed by atoms with E-state index in [-0.39, 0.29) is 6.04 Å². The number of piperazine rings is 1. The van der Waals surface area contributed by atoms with Gasteiger partial charge in [-0.25, -0.2) is 0 Å². The number of nitrogens with zero attached hydrogens (tertiary/aromatic N) is 5. The topological polar surface area (TPSA) is 72.0 Å². The Morgan fingerprint density at radius 1 is 1.27 bits per heavy atom. The summed E-state index contributed by atoms with van der Waals surface area (Å²) in [7, 11) is 4.08. The van der Waals surface area contributed by atoms with E-state index < -0.39 is 0 Å². The highest BCUT2D eigenvalue weighted by Gasteiger charge is 2.25. The molecule has 22 heavy (non-hydrogen) atoms. The monoisotopic (exact) mass is 304 g/mol. The molecule has 1 aliphatic rings. The minimum atomic E-state index is 0.202. The predicted octanol–water partition coefficient (Wildman–Crippen LogP) is 0.781. The van der Waals surface area contributed by atoms with Gasteiger partial charge in [0.15, 0.2) is 5.82 Å². The molecule has 1 aliphatic heterocycles. The van der Waals surface area contributed by atoms with Gasteiger partial charge in [-0.1, -0.05) is 5.16 Å². The van der Waals surface area contributed by atoms with E-state index in [9.17, 15) is 0 Å². The maximum Gasteiger partial charge on any atom is 0.227 e. The normalized spacial score (nSPS) is 19.7. The van der Waals surface area contributed by atoms with Crippen molar-refractivity contribution < 1.29 is 4.52 Å². The van der Waals surface area contributed by atoms with Crippen LogP contribution in [0.2, 0.25) is 0 Å². The van der Waals surface area contributed by atoms with E-state index in [1.54, 1.807) is 0 Å². The van der Waals surface area contributed by atoms with Crippen molar-refractivity contribution in [2.75, 3.05) is 26.7 Å². The van der Waals surface area contributed by atoms with Crippen molar-refractivity contribution in [2.45, 2.75) is 32.7 Å². The van der Waals surface area contributed by atoms with E-state index in [0.29, 0.717) is 5.89 Å². The lowest BCUT2D eigenvalue weighted by Gasteiger charge is -2.30. The lowest BCUT2D eigenvalue weighted by Crippen LogP contribution is -2.44. The van der Waals surface area contributed by atoms with Crippen molar-refractivity contribution in [1.29, 1.82) is 0 Å². The summed E-state index contributed by atoms with van der Waals surface area (Å²) in [5.74, 6) is 1.49. The zero-order valence-electron chi connectivity index (χ0n) is 13.8. The van der Waals surface area contributed by atoms with Crippen LogP contribution in [-0.2, 0) is 19.9 Å². The minimum absolute atomic E-state index is 0.202. The van der Waals surface area contributed by atoms with Gasteiger partial charge in [-0.2, -0.15) is 10.1 Å². The third-order valence-electron chi connectivity index (χ3n) is 4.54. The molecule has 0 radical (unpaired) electrons. The van der Waals surface area contributed by atoms with Gasteiger partial charge in [-0.05, 0) is 32.9 Å². The number of nitrogens with one attached hydrogen (secondary N) is 1. The molecule has 0 aliphatic carbocycles. The Kier molecular flexibility index (Phi) is 4.26. The second-order valence-corrected chi connectivity index (χ2v) is 6.02. The zero-order valence-corrected chi connectivity index (χ0v) is 13.8. The number of hydrogen-bond acceptors (Lipinski definition) is 6. The summed E-state index contributed by atoms with van der Waals surface area (Å²) in [4.78, 5) is 6.84. The van der Waals surface area contributed by atoms with Crippen LogP contribution >= 0.6 is 0 Å². The molecular weight excluding hydrogens is 280 g/mol. The molecule has 0 aromatic carbocycles. The fourth-order valence-electron chi connectivity index (χ4n) is 3.01. The average molecular weight is 304 g/mol. The van der Waals surface area contributed by atoms with Crippen molar-refractivity contribution in [1.82, 2.24) is 30.1 Å². The van der Waals surface area contributed by atoms with Crippen LogP contribution in [0.3, 0.4) is 0 Å². The predicted molar refractivity (Wildman–Crippen MR) is 82.6 cm³/mol. The van der Waals surface area contributed by atoms with Gasteiger partial charge in [-0.3, -0.25) is 9.58 Å². The first-order valence-electron chi connectivity index (χ1n) is 7.78. The molecule has 1 atom stereocenters. The molecule has 0 saturated carbocycles. The molecule has 1 N–H and O–H groups in total. The lowest BCUT2D eigenvalue weighted by atomic mass is 10.1. The first-order chi connectivity index (χ1) is 10.6. The number of rotatable bonds is 4. The Labute approximate surface area is 130 Å². The van der Waals surface area contributed by atoms with E-state index in [2.05, 4.69) is 39.4 Å². The van der Waals surface area contributed by atoms with Crippen molar-refractivity contribution >= 4 is 0 Å². The molecule has 7 nitrogen and oxygen atoms in total. The first kappa shape index (κ1) is 15.2. The third kappa shape index (κ3) is 2.91. The Balaban J connectivity index is 1.67. The van der Waals surface area contributed by atoms with Crippen LogP contribution in [-0.4, -0.2) is 51.5 Å². The summed E-state index contributed by atoms with van der Waals surface area (Å²) < 4.78 is 7.35. The van der Waals surface area contributed by atoms with Gasteiger partial charge < -0.3 is 9.84 Å². The summed E-state index contributed by atoms with van der Waals surface area (Å²) in [5.41, 5.74) is 3.56. The SMILES string of the molecule is Cc1nn(C)c(C)c1CCc1nc(C2CNCCN2C)no1. The highest BCUT2D eigenvalue weighted by Crippen LogP contribution is 2.19. The minimum Gasteiger partial charge on any atom is -0.339 e. The van der Waals surface area contributed by atoms with Crippen LogP contribution in [0.5, 0.6) is 0 Å². The maximum absolute atomic E-state index is 5.43. The van der Waals surface area contributed by atoms with Gasteiger partial charge in [-0.15, -0.1) is 0 Å². The van der Waals surface area contributed by atoms with Gasteiger partial charge >= 0.3 is 0 Å². The van der Waals surface area contributed by atoms with E-state index in [0.717, 1.165) is 44.0 Å². The standard InChI is InChI=1S/C15H24N6O/c1-10-12(11(2)21(4)18-10)5-6-14-17-15(19-22-14)13-9-16-7-8-20(13)3/h13,16H,5-9H2,1-4H3. The van der Waals surface area contributed by atoms with Crippen LogP contribution in [0.25, 0.3) is 0 Å². The number of aryl methyl sites for hydroxylation is 3. The Morgan fingerprint density at radius 2 is 2.09 bits per heavy atom. The second-order valence-electron chi connectivity index (χ2n) is 6.02. The number of aromatic nitrogens is 4. The van der Waals surface area contributed by atoms with Gasteiger partial charge in [0, 0.05) is 38.8 Å². The highest BCUT2D eigenvalue weighted by molar-refractivity contribution is 5.24. The molecule has 1 unspecified atom stereocenters. The van der Waals surface area contributed by atoms with Crippen LogP contribution in [0.15, 0.2) is 4.52 Å². The molecule has 0 spiro atoms. The summed E-state index contributed by atoms with van der Waals surface area (Å²) >= 11 is 0. The largest absolute Gasteiger partial charge is 0.339 e. The number of hydrogen-bond donors (Lipinski definition) is 1. The Morgan fingerprint density at radius 3 is 2.77 bits per heavy atom. The molecule has 2 aromatic rings. The van der Waals surface area contributed by atoms with Crippen LogP contribution in [0, 0.1) is 13.8 Å². The Bertz CT molecular complexity index is 646. The fourth-order valence-corrected chi connectivity index (χ4v) is 3.01. The van der Waals surface area contributed by atoms with E-state index >= 15 is 0 Å². The van der Waals surface area contributed by atoms with E-state index in [1.165, 1.54) is 11.3 Å². The average Bonchev–Trinajstić information content (AvgIpc) is 3.04. The molecule has 1 saturated heterocycles. The summed E-state index contributed by atoms with van der Waals surface area (Å²) in [6.45, 7) is 7.03. The van der Waals surface area contributed by atoms with Crippen LogP contribution < -0.4 is 5.32 Å². The summed E-state index contributed by atoms with van der Waals surface area (Å²) in [5, 5.41) is 12.0. The molecule has 7 heteroatoms. The molecule has 3 heterocycles. The van der Waals surface area contributed by atoms with Crippen molar-refractivity contribution in [3.63, 3.8) is 0 Å². The van der Waals surface area contributed by atoms with Crippen molar-refractivity contribution in [3.05, 3.63) is 28.7 Å². The second kappa shape index (κ2) is 6.18. The zero-order chi connectivity index (χ0) is 15.7. The quantitative estimate of drug-likeness (QED) is 0.900. The fraction of sp³-hybridized carbons (Fsp3) is 0.667. The van der Waals surface area contributed by atoms with Gasteiger partial charge in [0.1, 0.15) is 0 Å². The number of likely N-dealkylation sites (N-methyl/N-ethyl adjacent to an activating group) is 1. The van der Waals surface area contributed by atoms with Gasteiger partial charge in [0.2, 0.25) is 5.89 Å². The molecule has 2 aromatic heterocycles. The van der Waals surface area contributed by atoms with Crippen molar-refractivity contribution in [3.8, 4) is 0 Å². The van der Waals surface area contributed by atoms with E-state index in [4.69, 9.17) is 4.52 Å². The van der Waals surface area contributed by atoms with Gasteiger partial charge in [0.25, 0.3) is 0 Å². The molecule has 0 amide bonds. The summed E-state index contributed by atoms with van der Waals surface area (Å²) in [6, 6.07) is 0.202. The molecule has 1 fully saturated rings. The van der Waals surface area contributed by atoms with Gasteiger partial charge in [0.05, 0.1) is 11.7 Å². The van der Waals surface area contributed by atoms with E-state index in [1.807, 2.05) is 18.7 Å². The summed E-state index contributed by atoms with van der Waals surface area (Å²) in [6.07, 6.45) is 1.64. The van der Waals surface area contributed by atoms with Crippen molar-refractivity contribution in [2.24, 2.45) is 7.05 Å². The maximum atomic E-state index is 5.43. The molecule has 3 rings (SSSR count). The molecule has 0 bridgehead atoms. The Hall–Kier alpha value is -1.73. The highest BCUT2D eigenvalue weighted by atomic mass is 16.5. The molecule has 120 valence electrons. The third-order valence-corrected chi connectivity index (χ3v) is 4.54. The first-order valence-corrected chi connectivity index (χ1v) is 7.78. The smallest absolute Gasteiger partial charge is 0.227 e.